The van der Waals surface area contributed by atoms with Crippen molar-refractivity contribution in [2.75, 3.05) is 26.4 Å². The van der Waals surface area contributed by atoms with Crippen LogP contribution in [0.5, 0.6) is 0 Å². The minimum atomic E-state index is -0.297. The van der Waals surface area contributed by atoms with Crippen LogP contribution in [0.2, 0.25) is 0 Å². The maximum absolute atomic E-state index is 11.5. The summed E-state index contributed by atoms with van der Waals surface area (Å²) in [4.78, 5) is 23.0. The molecule has 0 aliphatic rings. The molecule has 0 aromatic rings. The molecule has 0 aliphatic carbocycles. The van der Waals surface area contributed by atoms with E-state index in [1.54, 1.807) is 0 Å². The number of nitrogens with two attached hydrogens (primary N) is 1. The lowest BCUT2D eigenvalue weighted by Crippen LogP contribution is -2.23. The predicted molar refractivity (Wildman–Crippen MR) is 89.9 cm³/mol. The van der Waals surface area contributed by atoms with Crippen LogP contribution in [0.1, 0.15) is 38.5 Å². The van der Waals surface area contributed by atoms with E-state index in [0.29, 0.717) is 52.1 Å². The molecule has 0 saturated heterocycles. The lowest BCUT2D eigenvalue weighted by atomic mass is 10.1. The van der Waals surface area contributed by atoms with Gasteiger partial charge in [-0.2, -0.15) is 0 Å². The van der Waals surface area contributed by atoms with E-state index in [1.165, 1.54) is 12.5 Å². The number of carbonyl (C=O) groups is 2. The Labute approximate surface area is 143 Å². The van der Waals surface area contributed by atoms with E-state index in [2.05, 4.69) is 13.2 Å². The molecule has 0 atom stereocenters. The molecule has 0 fully saturated rings. The summed E-state index contributed by atoms with van der Waals surface area (Å²) in [6, 6.07) is -0.238. The topological polar surface area (TPSA) is 97.1 Å². The zero-order valence-corrected chi connectivity index (χ0v) is 14.2. The van der Waals surface area contributed by atoms with E-state index in [4.69, 9.17) is 24.7 Å². The van der Waals surface area contributed by atoms with Crippen molar-refractivity contribution in [3.63, 3.8) is 0 Å². The fraction of sp³-hybridized carbons (Fsp3) is 0.647. The Hall–Kier alpha value is -2.02. The molecule has 7 heteroatoms. The molecule has 0 unspecified atom stereocenters. The lowest BCUT2D eigenvalue weighted by Gasteiger charge is -2.11. The Kier molecular flexibility index (Phi) is 14.5. The molecule has 0 aromatic carbocycles. The Morgan fingerprint density at radius 3 is 1.62 bits per heavy atom. The molecular formula is C17H29NO6. The SMILES string of the molecule is C=COCCCOC(=O)CCC(N)CCC(=O)OCCCOC=C. The second kappa shape index (κ2) is 15.9. The van der Waals surface area contributed by atoms with Crippen molar-refractivity contribution in [3.8, 4) is 0 Å². The largest absolute Gasteiger partial charge is 0.502 e. The van der Waals surface area contributed by atoms with E-state index in [9.17, 15) is 9.59 Å². The molecule has 7 nitrogen and oxygen atoms in total. The Balaban J connectivity index is 3.54. The molecule has 0 bridgehead atoms. The van der Waals surface area contributed by atoms with Crippen LogP contribution in [0.3, 0.4) is 0 Å². The summed E-state index contributed by atoms with van der Waals surface area (Å²) in [6.07, 6.45) is 5.35. The van der Waals surface area contributed by atoms with Gasteiger partial charge in [-0.3, -0.25) is 9.59 Å². The fourth-order valence-electron chi connectivity index (χ4n) is 1.72. The minimum absolute atomic E-state index is 0.234. The number of hydrogen-bond donors (Lipinski definition) is 1. The van der Waals surface area contributed by atoms with Crippen molar-refractivity contribution < 1.29 is 28.5 Å². The first kappa shape index (κ1) is 22.0. The summed E-state index contributed by atoms with van der Waals surface area (Å²) in [5, 5.41) is 0. The average Bonchev–Trinajstić information content (AvgIpc) is 2.57. The van der Waals surface area contributed by atoms with E-state index in [1.807, 2.05) is 0 Å². The van der Waals surface area contributed by atoms with Gasteiger partial charge in [-0.1, -0.05) is 13.2 Å². The Bertz CT molecular complexity index is 338. The molecule has 0 radical (unpaired) electrons. The van der Waals surface area contributed by atoms with Crippen LogP contribution < -0.4 is 5.73 Å². The van der Waals surface area contributed by atoms with Crippen molar-refractivity contribution in [3.05, 3.63) is 25.7 Å². The summed E-state index contributed by atoms with van der Waals surface area (Å²) in [7, 11) is 0. The maximum Gasteiger partial charge on any atom is 0.305 e. The van der Waals surface area contributed by atoms with Gasteiger partial charge in [0.15, 0.2) is 0 Å². The van der Waals surface area contributed by atoms with Gasteiger partial charge in [0.2, 0.25) is 0 Å². The Morgan fingerprint density at radius 1 is 0.833 bits per heavy atom. The summed E-state index contributed by atoms with van der Waals surface area (Å²) < 4.78 is 19.9. The summed E-state index contributed by atoms with van der Waals surface area (Å²) in [5.41, 5.74) is 5.88. The van der Waals surface area contributed by atoms with Crippen LogP contribution in [0, 0.1) is 0 Å². The van der Waals surface area contributed by atoms with Crippen molar-refractivity contribution in [1.82, 2.24) is 0 Å². The van der Waals surface area contributed by atoms with E-state index < -0.39 is 0 Å². The third-order valence-electron chi connectivity index (χ3n) is 3.01. The number of rotatable bonds is 16. The van der Waals surface area contributed by atoms with Crippen LogP contribution in [-0.2, 0) is 28.5 Å². The Morgan fingerprint density at radius 2 is 1.25 bits per heavy atom. The quantitative estimate of drug-likeness (QED) is 0.260. The molecule has 0 heterocycles. The first-order valence-corrected chi connectivity index (χ1v) is 8.12. The normalized spacial score (nSPS) is 10.1. The fourth-order valence-corrected chi connectivity index (χ4v) is 1.72. The number of carbonyl (C=O) groups excluding carboxylic acids is 2. The zero-order chi connectivity index (χ0) is 18.0. The van der Waals surface area contributed by atoms with Gasteiger partial charge >= 0.3 is 11.9 Å². The zero-order valence-electron chi connectivity index (χ0n) is 14.2. The highest BCUT2D eigenvalue weighted by Crippen LogP contribution is 2.05. The molecule has 0 amide bonds. The molecule has 0 aliphatic heterocycles. The third kappa shape index (κ3) is 14.9. The van der Waals surface area contributed by atoms with Crippen LogP contribution in [0.15, 0.2) is 25.7 Å². The lowest BCUT2D eigenvalue weighted by molar-refractivity contribution is -0.144. The molecule has 2 N–H and O–H groups in total. The molecular weight excluding hydrogens is 314 g/mol. The third-order valence-corrected chi connectivity index (χ3v) is 3.01. The summed E-state index contributed by atoms with van der Waals surface area (Å²) >= 11 is 0. The number of ether oxygens (including phenoxy) is 4. The minimum Gasteiger partial charge on any atom is -0.502 e. The van der Waals surface area contributed by atoms with Crippen LogP contribution in [0.4, 0.5) is 0 Å². The van der Waals surface area contributed by atoms with E-state index in [0.717, 1.165) is 0 Å². The first-order valence-electron chi connectivity index (χ1n) is 8.12. The molecule has 0 spiro atoms. The second-order valence-electron chi connectivity index (χ2n) is 5.06. The highest BCUT2D eigenvalue weighted by Gasteiger charge is 2.11. The monoisotopic (exact) mass is 343 g/mol. The van der Waals surface area contributed by atoms with Gasteiger partial charge in [0, 0.05) is 31.7 Å². The summed E-state index contributed by atoms with van der Waals surface area (Å²) in [5.74, 6) is -0.595. The van der Waals surface area contributed by atoms with Crippen molar-refractivity contribution >= 4 is 11.9 Å². The average molecular weight is 343 g/mol. The van der Waals surface area contributed by atoms with E-state index >= 15 is 0 Å². The van der Waals surface area contributed by atoms with Crippen molar-refractivity contribution in [2.24, 2.45) is 5.73 Å². The van der Waals surface area contributed by atoms with Gasteiger partial charge in [0.1, 0.15) is 0 Å². The molecule has 0 rings (SSSR count). The smallest absolute Gasteiger partial charge is 0.305 e. The van der Waals surface area contributed by atoms with Gasteiger partial charge < -0.3 is 24.7 Å². The van der Waals surface area contributed by atoms with Gasteiger partial charge in [0.05, 0.1) is 39.0 Å². The second-order valence-corrected chi connectivity index (χ2v) is 5.06. The van der Waals surface area contributed by atoms with Crippen LogP contribution in [0.25, 0.3) is 0 Å². The molecule has 0 aromatic heterocycles. The highest BCUT2D eigenvalue weighted by atomic mass is 16.5. The first-order chi connectivity index (χ1) is 11.6. The van der Waals surface area contributed by atoms with Gasteiger partial charge in [0.25, 0.3) is 0 Å². The van der Waals surface area contributed by atoms with Crippen molar-refractivity contribution in [1.29, 1.82) is 0 Å². The number of hydrogen-bond acceptors (Lipinski definition) is 7. The van der Waals surface area contributed by atoms with Gasteiger partial charge in [-0.05, 0) is 12.8 Å². The van der Waals surface area contributed by atoms with Crippen molar-refractivity contribution in [2.45, 2.75) is 44.6 Å². The molecule has 138 valence electrons. The van der Waals surface area contributed by atoms with Crippen LogP contribution in [-0.4, -0.2) is 44.4 Å². The van der Waals surface area contributed by atoms with Gasteiger partial charge in [-0.25, -0.2) is 0 Å². The maximum atomic E-state index is 11.5. The van der Waals surface area contributed by atoms with Crippen LogP contribution >= 0.6 is 0 Å². The summed E-state index contributed by atoms with van der Waals surface area (Å²) in [6.45, 7) is 8.39. The molecule has 24 heavy (non-hydrogen) atoms. The predicted octanol–water partition coefficient (Wildman–Crippen LogP) is 2.06. The molecule has 0 saturated carbocycles. The van der Waals surface area contributed by atoms with E-state index in [-0.39, 0.29) is 30.8 Å². The number of esters is 2. The van der Waals surface area contributed by atoms with Gasteiger partial charge in [-0.15, -0.1) is 0 Å². The standard InChI is InChI=1S/C17H29NO6/c1-3-21-11-5-13-23-16(19)9-7-15(18)8-10-17(20)24-14-6-12-22-4-2/h3-4,15H,1-2,5-14,18H2. The highest BCUT2D eigenvalue weighted by molar-refractivity contribution is 5.70.